The van der Waals surface area contributed by atoms with E-state index in [9.17, 15) is 4.79 Å². The van der Waals surface area contributed by atoms with Crippen LogP contribution >= 0.6 is 0 Å². The van der Waals surface area contributed by atoms with Crippen molar-refractivity contribution in [3.63, 3.8) is 0 Å². The monoisotopic (exact) mass is 236 g/mol. The summed E-state index contributed by atoms with van der Waals surface area (Å²) in [7, 11) is 0. The van der Waals surface area contributed by atoms with Crippen LogP contribution in [-0.2, 0) is 0 Å². The lowest BCUT2D eigenvalue weighted by atomic mass is 10.3. The molecule has 0 radical (unpaired) electrons. The first-order chi connectivity index (χ1) is 8.22. The first-order valence-corrected chi connectivity index (χ1v) is 6.08. The average molecular weight is 236 g/mol. The second kappa shape index (κ2) is 6.83. The molecule has 0 aliphatic carbocycles. The van der Waals surface area contributed by atoms with E-state index in [4.69, 9.17) is 0 Å². The van der Waals surface area contributed by atoms with E-state index in [-0.39, 0.29) is 5.91 Å². The second-order valence-corrected chi connectivity index (χ2v) is 3.70. The third-order valence-electron chi connectivity index (χ3n) is 2.48. The third kappa shape index (κ3) is 3.69. The van der Waals surface area contributed by atoms with Gasteiger partial charge < -0.3 is 10.2 Å². The fourth-order valence-electron chi connectivity index (χ4n) is 1.46. The number of nitrogens with zero attached hydrogens (tertiary/aromatic N) is 3. The second-order valence-electron chi connectivity index (χ2n) is 3.70. The van der Waals surface area contributed by atoms with Crippen LogP contribution in [0.25, 0.3) is 0 Å². The molecule has 17 heavy (non-hydrogen) atoms. The molecule has 1 aromatic rings. The van der Waals surface area contributed by atoms with E-state index in [1.165, 1.54) is 0 Å². The Labute approximate surface area is 102 Å². The van der Waals surface area contributed by atoms with Gasteiger partial charge in [-0.2, -0.15) is 0 Å². The largest absolute Gasteiger partial charge is 0.354 e. The normalized spacial score (nSPS) is 10.1. The molecule has 1 N–H and O–H groups in total. The van der Waals surface area contributed by atoms with E-state index in [1.54, 1.807) is 17.3 Å². The van der Waals surface area contributed by atoms with Crippen LogP contribution < -0.4 is 5.32 Å². The highest BCUT2D eigenvalue weighted by Gasteiger charge is 2.12. The summed E-state index contributed by atoms with van der Waals surface area (Å²) in [4.78, 5) is 21.9. The molecule has 5 heteroatoms. The van der Waals surface area contributed by atoms with Crippen LogP contribution in [0.4, 0.5) is 5.95 Å². The molecule has 1 aromatic heterocycles. The molecule has 0 bridgehead atoms. The minimum absolute atomic E-state index is 0.0166. The Morgan fingerprint density at radius 1 is 1.24 bits per heavy atom. The molecule has 1 heterocycles. The summed E-state index contributed by atoms with van der Waals surface area (Å²) >= 11 is 0. The zero-order chi connectivity index (χ0) is 12.7. The molecular formula is C12H20N4O. The van der Waals surface area contributed by atoms with Gasteiger partial charge in [0, 0.05) is 32.0 Å². The molecule has 0 fully saturated rings. The SMILES string of the molecule is CCCNc1ncc(C(=O)N(CC)CC)cn1. The van der Waals surface area contributed by atoms with E-state index in [0.717, 1.165) is 13.0 Å². The van der Waals surface area contributed by atoms with Crippen molar-refractivity contribution in [2.24, 2.45) is 0 Å². The molecule has 1 amide bonds. The van der Waals surface area contributed by atoms with Gasteiger partial charge in [-0.05, 0) is 20.3 Å². The molecule has 0 saturated heterocycles. The van der Waals surface area contributed by atoms with Gasteiger partial charge in [0.25, 0.3) is 5.91 Å². The average Bonchev–Trinajstić information content (AvgIpc) is 2.38. The van der Waals surface area contributed by atoms with E-state index < -0.39 is 0 Å². The quantitative estimate of drug-likeness (QED) is 0.818. The summed E-state index contributed by atoms with van der Waals surface area (Å²) in [6.45, 7) is 8.23. The molecule has 0 unspecified atom stereocenters. The Hall–Kier alpha value is -1.65. The molecule has 1 rings (SSSR count). The number of amides is 1. The highest BCUT2D eigenvalue weighted by molar-refractivity contribution is 5.93. The van der Waals surface area contributed by atoms with Crippen LogP contribution in [0.1, 0.15) is 37.6 Å². The fourth-order valence-corrected chi connectivity index (χ4v) is 1.46. The predicted molar refractivity (Wildman–Crippen MR) is 68.1 cm³/mol. The predicted octanol–water partition coefficient (Wildman–Crippen LogP) is 1.78. The Bertz CT molecular complexity index is 346. The van der Waals surface area contributed by atoms with Gasteiger partial charge in [0.2, 0.25) is 5.95 Å². The van der Waals surface area contributed by atoms with Gasteiger partial charge in [-0.15, -0.1) is 0 Å². The molecule has 5 nitrogen and oxygen atoms in total. The molecule has 0 aliphatic heterocycles. The zero-order valence-electron chi connectivity index (χ0n) is 10.7. The molecule has 0 aliphatic rings. The molecule has 0 atom stereocenters. The number of carbonyl (C=O) groups excluding carboxylic acids is 1. The van der Waals surface area contributed by atoms with Gasteiger partial charge in [-0.3, -0.25) is 4.79 Å². The number of rotatable bonds is 6. The maximum atomic E-state index is 12.0. The number of anilines is 1. The van der Waals surface area contributed by atoms with Crippen LogP contribution in [-0.4, -0.2) is 40.4 Å². The summed E-state index contributed by atoms with van der Waals surface area (Å²) in [6.07, 6.45) is 4.17. The lowest BCUT2D eigenvalue weighted by Gasteiger charge is -2.18. The van der Waals surface area contributed by atoms with Crippen molar-refractivity contribution in [3.8, 4) is 0 Å². The Kier molecular flexibility index (Phi) is 5.39. The lowest BCUT2D eigenvalue weighted by Crippen LogP contribution is -2.30. The summed E-state index contributed by atoms with van der Waals surface area (Å²) in [5, 5.41) is 3.07. The molecule has 0 aromatic carbocycles. The van der Waals surface area contributed by atoms with Crippen molar-refractivity contribution in [1.82, 2.24) is 14.9 Å². The van der Waals surface area contributed by atoms with E-state index in [1.807, 2.05) is 13.8 Å². The van der Waals surface area contributed by atoms with Gasteiger partial charge in [0.1, 0.15) is 0 Å². The Morgan fingerprint density at radius 3 is 2.29 bits per heavy atom. The highest BCUT2D eigenvalue weighted by Crippen LogP contribution is 2.04. The van der Waals surface area contributed by atoms with Crippen molar-refractivity contribution >= 4 is 11.9 Å². The van der Waals surface area contributed by atoms with Crippen LogP contribution in [0.2, 0.25) is 0 Å². The maximum Gasteiger partial charge on any atom is 0.256 e. The first-order valence-electron chi connectivity index (χ1n) is 6.08. The van der Waals surface area contributed by atoms with Gasteiger partial charge in [-0.1, -0.05) is 6.92 Å². The lowest BCUT2D eigenvalue weighted by molar-refractivity contribution is 0.0772. The fraction of sp³-hybridized carbons (Fsp3) is 0.583. The minimum Gasteiger partial charge on any atom is -0.354 e. The molecular weight excluding hydrogens is 216 g/mol. The smallest absolute Gasteiger partial charge is 0.256 e. The van der Waals surface area contributed by atoms with Crippen LogP contribution in [0, 0.1) is 0 Å². The standard InChI is InChI=1S/C12H20N4O/c1-4-7-13-12-14-8-10(9-15-12)11(17)16(5-2)6-3/h8-9H,4-7H2,1-3H3,(H,13,14,15). The number of hydrogen-bond acceptors (Lipinski definition) is 4. The number of aromatic nitrogens is 2. The Balaban J connectivity index is 2.69. The van der Waals surface area contributed by atoms with Crippen molar-refractivity contribution in [2.45, 2.75) is 27.2 Å². The van der Waals surface area contributed by atoms with E-state index >= 15 is 0 Å². The van der Waals surface area contributed by atoms with Crippen LogP contribution in [0.3, 0.4) is 0 Å². The van der Waals surface area contributed by atoms with Crippen molar-refractivity contribution in [3.05, 3.63) is 18.0 Å². The van der Waals surface area contributed by atoms with Crippen molar-refractivity contribution in [2.75, 3.05) is 25.0 Å². The van der Waals surface area contributed by atoms with Crippen LogP contribution in [0.5, 0.6) is 0 Å². The summed E-state index contributed by atoms with van der Waals surface area (Å²) in [5.74, 6) is 0.556. The number of carbonyl (C=O) groups is 1. The Morgan fingerprint density at radius 2 is 1.82 bits per heavy atom. The maximum absolute atomic E-state index is 12.0. The first kappa shape index (κ1) is 13.4. The van der Waals surface area contributed by atoms with E-state index in [2.05, 4.69) is 22.2 Å². The summed E-state index contributed by atoms with van der Waals surface area (Å²) in [6, 6.07) is 0. The molecule has 94 valence electrons. The number of hydrogen-bond donors (Lipinski definition) is 1. The summed E-state index contributed by atoms with van der Waals surface area (Å²) in [5.41, 5.74) is 0.538. The summed E-state index contributed by atoms with van der Waals surface area (Å²) < 4.78 is 0. The van der Waals surface area contributed by atoms with Gasteiger partial charge >= 0.3 is 0 Å². The zero-order valence-corrected chi connectivity index (χ0v) is 10.7. The molecule has 0 saturated carbocycles. The van der Waals surface area contributed by atoms with Gasteiger partial charge in [0.15, 0.2) is 0 Å². The van der Waals surface area contributed by atoms with Crippen molar-refractivity contribution in [1.29, 1.82) is 0 Å². The topological polar surface area (TPSA) is 58.1 Å². The van der Waals surface area contributed by atoms with Crippen molar-refractivity contribution < 1.29 is 4.79 Å². The minimum atomic E-state index is -0.0166. The van der Waals surface area contributed by atoms with Gasteiger partial charge in [-0.25, -0.2) is 9.97 Å². The van der Waals surface area contributed by atoms with Gasteiger partial charge in [0.05, 0.1) is 5.56 Å². The molecule has 0 spiro atoms. The number of nitrogens with one attached hydrogen (secondary N) is 1. The van der Waals surface area contributed by atoms with E-state index in [0.29, 0.717) is 24.6 Å². The third-order valence-corrected chi connectivity index (χ3v) is 2.48. The van der Waals surface area contributed by atoms with Crippen LogP contribution in [0.15, 0.2) is 12.4 Å². The highest BCUT2D eigenvalue weighted by atomic mass is 16.2.